The summed E-state index contributed by atoms with van der Waals surface area (Å²) in [6.45, 7) is -1.13. The molecular formula is C8H15F2NO5S. The number of rotatable bonds is 7. The fourth-order valence-electron chi connectivity index (χ4n) is 1.10. The molecular weight excluding hydrogens is 260 g/mol. The minimum atomic E-state index is -4.25. The van der Waals surface area contributed by atoms with Gasteiger partial charge >= 0.3 is 5.97 Å². The summed E-state index contributed by atoms with van der Waals surface area (Å²) >= 11 is 0. The maximum absolute atomic E-state index is 12.2. The number of sulfonamides is 1. The summed E-state index contributed by atoms with van der Waals surface area (Å²) < 4.78 is 52.4. The van der Waals surface area contributed by atoms with Crippen LogP contribution in [0, 0.1) is 0 Å². The molecule has 0 aliphatic rings. The highest BCUT2D eigenvalue weighted by atomic mass is 32.2. The Labute approximate surface area is 98.2 Å². The van der Waals surface area contributed by atoms with Gasteiger partial charge in [0.1, 0.15) is 0 Å². The highest BCUT2D eigenvalue weighted by Gasteiger charge is 2.35. The van der Waals surface area contributed by atoms with Gasteiger partial charge in [-0.25, -0.2) is 17.2 Å². The van der Waals surface area contributed by atoms with Crippen molar-refractivity contribution in [3.63, 3.8) is 0 Å². The quantitative estimate of drug-likeness (QED) is 0.629. The minimum Gasteiger partial charge on any atom is -0.468 e. The molecule has 0 aromatic rings. The third-order valence-corrected chi connectivity index (χ3v) is 4.17. The molecule has 0 fully saturated rings. The average molecular weight is 275 g/mol. The van der Waals surface area contributed by atoms with Crippen molar-refractivity contribution in [1.82, 2.24) is 4.31 Å². The third kappa shape index (κ3) is 4.52. The molecule has 1 unspecified atom stereocenters. The van der Waals surface area contributed by atoms with Crippen LogP contribution in [0.4, 0.5) is 8.78 Å². The number of esters is 1. The highest BCUT2D eigenvalue weighted by Crippen LogP contribution is 2.12. The first-order valence-electron chi connectivity index (χ1n) is 4.73. The first kappa shape index (κ1) is 16.2. The Morgan fingerprint density at radius 3 is 2.35 bits per heavy atom. The lowest BCUT2D eigenvalue weighted by molar-refractivity contribution is -0.139. The maximum Gasteiger partial charge on any atom is 0.325 e. The van der Waals surface area contributed by atoms with Crippen LogP contribution in [0.25, 0.3) is 0 Å². The number of halogens is 2. The molecule has 0 radical (unpaired) electrons. The lowest BCUT2D eigenvalue weighted by Gasteiger charge is -2.23. The van der Waals surface area contributed by atoms with Gasteiger partial charge in [-0.2, -0.15) is 4.31 Å². The van der Waals surface area contributed by atoms with E-state index in [1.54, 1.807) is 0 Å². The number of ether oxygens (including phenoxy) is 1. The van der Waals surface area contributed by atoms with E-state index in [4.69, 9.17) is 5.11 Å². The Bertz CT molecular complexity index is 346. The SMILES string of the molecule is COC(=O)C(C)S(=O)(=O)N(CCO)CC(F)F. The van der Waals surface area contributed by atoms with E-state index in [-0.39, 0.29) is 0 Å². The molecule has 0 aromatic carbocycles. The van der Waals surface area contributed by atoms with Crippen molar-refractivity contribution < 1.29 is 31.8 Å². The molecule has 0 aromatic heterocycles. The van der Waals surface area contributed by atoms with Crippen LogP contribution >= 0.6 is 0 Å². The zero-order valence-electron chi connectivity index (χ0n) is 9.47. The third-order valence-electron chi connectivity index (χ3n) is 2.03. The van der Waals surface area contributed by atoms with E-state index in [2.05, 4.69) is 4.74 Å². The zero-order chi connectivity index (χ0) is 13.6. The van der Waals surface area contributed by atoms with Gasteiger partial charge in [-0.1, -0.05) is 0 Å². The van der Waals surface area contributed by atoms with E-state index in [1.807, 2.05) is 0 Å². The summed E-state index contributed by atoms with van der Waals surface area (Å²) in [5, 5.41) is 7.04. The molecule has 0 aliphatic carbocycles. The van der Waals surface area contributed by atoms with Crippen molar-refractivity contribution >= 4 is 16.0 Å². The van der Waals surface area contributed by atoms with Crippen LogP contribution < -0.4 is 0 Å². The number of hydrogen-bond donors (Lipinski definition) is 1. The molecule has 0 heterocycles. The van der Waals surface area contributed by atoms with Gasteiger partial charge < -0.3 is 9.84 Å². The standard InChI is InChI=1S/C8H15F2NO5S/c1-6(8(13)16-2)17(14,15)11(3-4-12)5-7(9)10/h6-7,12H,3-5H2,1-2H3. The van der Waals surface area contributed by atoms with Gasteiger partial charge in [-0.3, -0.25) is 4.79 Å². The number of alkyl halides is 2. The Hall–Kier alpha value is -0.800. The van der Waals surface area contributed by atoms with Crippen molar-refractivity contribution in [3.8, 4) is 0 Å². The molecule has 6 nitrogen and oxygen atoms in total. The van der Waals surface area contributed by atoms with E-state index in [9.17, 15) is 22.0 Å². The molecule has 1 atom stereocenters. The molecule has 0 aliphatic heterocycles. The van der Waals surface area contributed by atoms with E-state index < -0.39 is 47.4 Å². The van der Waals surface area contributed by atoms with E-state index in [0.717, 1.165) is 14.0 Å². The molecule has 9 heteroatoms. The molecule has 0 amide bonds. The van der Waals surface area contributed by atoms with Crippen molar-refractivity contribution in [1.29, 1.82) is 0 Å². The van der Waals surface area contributed by atoms with Crippen LogP contribution in [0.1, 0.15) is 6.92 Å². The predicted molar refractivity (Wildman–Crippen MR) is 55.1 cm³/mol. The molecule has 1 N–H and O–H groups in total. The molecule has 0 bridgehead atoms. The first-order valence-corrected chi connectivity index (χ1v) is 6.23. The smallest absolute Gasteiger partial charge is 0.325 e. The lowest BCUT2D eigenvalue weighted by atomic mass is 10.5. The predicted octanol–water partition coefficient (Wildman–Crippen LogP) is -0.563. The maximum atomic E-state index is 12.2. The molecule has 0 saturated carbocycles. The summed E-state index contributed by atoms with van der Waals surface area (Å²) in [6, 6.07) is 0. The second-order valence-corrected chi connectivity index (χ2v) is 5.44. The molecule has 17 heavy (non-hydrogen) atoms. The number of carbonyl (C=O) groups excluding carboxylic acids is 1. The normalized spacial score (nSPS) is 14.1. The lowest BCUT2D eigenvalue weighted by Crippen LogP contribution is -2.44. The van der Waals surface area contributed by atoms with Gasteiger partial charge in [-0.05, 0) is 6.92 Å². The van der Waals surface area contributed by atoms with Gasteiger partial charge in [0.25, 0.3) is 6.43 Å². The Morgan fingerprint density at radius 1 is 1.47 bits per heavy atom. The van der Waals surface area contributed by atoms with Crippen molar-refractivity contribution in [2.75, 3.05) is 26.8 Å². The number of carbonyl (C=O) groups is 1. The Balaban J connectivity index is 5.00. The van der Waals surface area contributed by atoms with Gasteiger partial charge in [0.2, 0.25) is 10.0 Å². The van der Waals surface area contributed by atoms with Crippen LogP contribution in [-0.4, -0.2) is 62.3 Å². The Morgan fingerprint density at radius 2 is 2.00 bits per heavy atom. The fraction of sp³-hybridized carbons (Fsp3) is 0.875. The first-order chi connectivity index (χ1) is 7.77. The van der Waals surface area contributed by atoms with Crippen LogP contribution in [-0.2, 0) is 19.6 Å². The summed E-state index contributed by atoms with van der Waals surface area (Å²) in [4.78, 5) is 11.1. The molecule has 102 valence electrons. The summed E-state index contributed by atoms with van der Waals surface area (Å²) in [5.74, 6) is -1.04. The van der Waals surface area contributed by atoms with Crippen LogP contribution in [0.5, 0.6) is 0 Å². The highest BCUT2D eigenvalue weighted by molar-refractivity contribution is 7.90. The van der Waals surface area contributed by atoms with Crippen molar-refractivity contribution in [2.45, 2.75) is 18.6 Å². The molecule has 0 rings (SSSR count). The van der Waals surface area contributed by atoms with Crippen LogP contribution in [0.2, 0.25) is 0 Å². The number of aliphatic hydroxyl groups excluding tert-OH is 1. The van der Waals surface area contributed by atoms with Gasteiger partial charge in [0.15, 0.2) is 5.25 Å². The number of nitrogens with zero attached hydrogens (tertiary/aromatic N) is 1. The summed E-state index contributed by atoms with van der Waals surface area (Å²) in [6.07, 6.45) is -2.89. The van der Waals surface area contributed by atoms with Crippen LogP contribution in [0.3, 0.4) is 0 Å². The van der Waals surface area contributed by atoms with Crippen LogP contribution in [0.15, 0.2) is 0 Å². The van der Waals surface area contributed by atoms with E-state index in [0.29, 0.717) is 4.31 Å². The number of aliphatic hydroxyl groups is 1. The van der Waals surface area contributed by atoms with Crippen molar-refractivity contribution in [2.24, 2.45) is 0 Å². The Kier molecular flexibility index (Phi) is 6.50. The van der Waals surface area contributed by atoms with Gasteiger partial charge in [0.05, 0.1) is 20.3 Å². The average Bonchev–Trinajstić information content (AvgIpc) is 2.25. The fourth-order valence-corrected chi connectivity index (χ4v) is 2.54. The van der Waals surface area contributed by atoms with Gasteiger partial charge in [-0.15, -0.1) is 0 Å². The van der Waals surface area contributed by atoms with E-state index in [1.165, 1.54) is 0 Å². The van der Waals surface area contributed by atoms with Gasteiger partial charge in [0, 0.05) is 6.54 Å². The van der Waals surface area contributed by atoms with Crippen molar-refractivity contribution in [3.05, 3.63) is 0 Å². The topological polar surface area (TPSA) is 83.9 Å². The second-order valence-electron chi connectivity index (χ2n) is 3.18. The zero-order valence-corrected chi connectivity index (χ0v) is 10.3. The molecule has 0 saturated heterocycles. The van der Waals surface area contributed by atoms with E-state index >= 15 is 0 Å². The number of hydrogen-bond acceptors (Lipinski definition) is 5. The molecule has 0 spiro atoms. The largest absolute Gasteiger partial charge is 0.468 e. The minimum absolute atomic E-state index is 0.374. The second kappa shape index (κ2) is 6.82. The summed E-state index contributed by atoms with van der Waals surface area (Å²) in [7, 11) is -3.25. The monoisotopic (exact) mass is 275 g/mol. The number of methoxy groups -OCH3 is 1. The summed E-state index contributed by atoms with van der Waals surface area (Å²) in [5.41, 5.74) is 0.